The van der Waals surface area contributed by atoms with Gasteiger partial charge < -0.3 is 4.18 Å². The van der Waals surface area contributed by atoms with Crippen molar-refractivity contribution in [3.05, 3.63) is 58.9 Å². The Hall–Kier alpha value is -2.39. The highest BCUT2D eigenvalue weighted by molar-refractivity contribution is 7.87. The molecule has 0 heterocycles. The summed E-state index contributed by atoms with van der Waals surface area (Å²) in [4.78, 5) is -0.261. The molecule has 120 valence electrons. The SMILES string of the molecule is Cc1cc(OS(=O)(=O)c2ccc(F)c(C#N)c2)cc(C(C)C)c1. The summed E-state index contributed by atoms with van der Waals surface area (Å²) in [6.07, 6.45) is 0. The van der Waals surface area contributed by atoms with Gasteiger partial charge in [-0.3, -0.25) is 0 Å². The first kappa shape index (κ1) is 17.0. The van der Waals surface area contributed by atoms with Crippen molar-refractivity contribution in [3.8, 4) is 11.8 Å². The average Bonchev–Trinajstić information content (AvgIpc) is 2.46. The van der Waals surface area contributed by atoms with Crippen LogP contribution in [0.15, 0.2) is 41.3 Å². The van der Waals surface area contributed by atoms with Crippen LogP contribution in [0.1, 0.15) is 36.5 Å². The van der Waals surface area contributed by atoms with E-state index in [-0.39, 0.29) is 22.1 Å². The van der Waals surface area contributed by atoms with Crippen LogP contribution in [0, 0.1) is 24.1 Å². The lowest BCUT2D eigenvalue weighted by Crippen LogP contribution is -2.10. The largest absolute Gasteiger partial charge is 0.379 e. The van der Waals surface area contributed by atoms with Gasteiger partial charge in [-0.1, -0.05) is 19.9 Å². The second-order valence-corrected chi connectivity index (χ2v) is 7.07. The van der Waals surface area contributed by atoms with Crippen LogP contribution in [0.3, 0.4) is 0 Å². The molecule has 0 aliphatic rings. The van der Waals surface area contributed by atoms with Gasteiger partial charge in [-0.2, -0.15) is 13.7 Å². The van der Waals surface area contributed by atoms with Crippen molar-refractivity contribution < 1.29 is 17.0 Å². The van der Waals surface area contributed by atoms with Crippen molar-refractivity contribution in [1.29, 1.82) is 5.26 Å². The fourth-order valence-electron chi connectivity index (χ4n) is 2.08. The Morgan fingerprint density at radius 1 is 1.17 bits per heavy atom. The minimum Gasteiger partial charge on any atom is -0.379 e. The van der Waals surface area contributed by atoms with Crippen LogP contribution in [-0.4, -0.2) is 8.42 Å². The Morgan fingerprint density at radius 2 is 1.87 bits per heavy atom. The van der Waals surface area contributed by atoms with Gasteiger partial charge in [-0.05, 0) is 54.3 Å². The summed E-state index contributed by atoms with van der Waals surface area (Å²) in [5.74, 6) is -0.364. The summed E-state index contributed by atoms with van der Waals surface area (Å²) in [5, 5.41) is 8.81. The quantitative estimate of drug-likeness (QED) is 0.796. The fraction of sp³-hybridized carbons (Fsp3) is 0.235. The molecule has 0 atom stereocenters. The van der Waals surface area contributed by atoms with Gasteiger partial charge in [0.05, 0.1) is 5.56 Å². The predicted octanol–water partition coefficient (Wildman–Crippen LogP) is 3.90. The molecule has 0 saturated carbocycles. The highest BCUT2D eigenvalue weighted by Crippen LogP contribution is 2.26. The molecule has 4 nitrogen and oxygen atoms in total. The zero-order valence-corrected chi connectivity index (χ0v) is 13.8. The molecule has 0 aliphatic heterocycles. The monoisotopic (exact) mass is 333 g/mol. The third-order valence-electron chi connectivity index (χ3n) is 3.29. The first-order chi connectivity index (χ1) is 10.7. The van der Waals surface area contributed by atoms with Gasteiger partial charge in [0, 0.05) is 0 Å². The van der Waals surface area contributed by atoms with Crippen LogP contribution in [-0.2, 0) is 10.1 Å². The molecule has 0 fully saturated rings. The molecule has 0 bridgehead atoms. The van der Waals surface area contributed by atoms with E-state index in [2.05, 4.69) is 0 Å². The van der Waals surface area contributed by atoms with E-state index in [4.69, 9.17) is 9.44 Å². The zero-order valence-electron chi connectivity index (χ0n) is 13.0. The molecule has 0 spiro atoms. The summed E-state index contributed by atoms with van der Waals surface area (Å²) in [6, 6.07) is 9.80. The van der Waals surface area contributed by atoms with Gasteiger partial charge in [0.2, 0.25) is 0 Å². The lowest BCUT2D eigenvalue weighted by Gasteiger charge is -2.12. The summed E-state index contributed by atoms with van der Waals surface area (Å²) in [5.41, 5.74) is 1.48. The van der Waals surface area contributed by atoms with E-state index in [9.17, 15) is 12.8 Å². The van der Waals surface area contributed by atoms with Gasteiger partial charge in [-0.25, -0.2) is 4.39 Å². The van der Waals surface area contributed by atoms with Crippen molar-refractivity contribution in [2.24, 2.45) is 0 Å². The van der Waals surface area contributed by atoms with Crippen LogP contribution in [0.25, 0.3) is 0 Å². The molecule has 0 amide bonds. The Bertz CT molecular complexity index is 883. The summed E-state index contributed by atoms with van der Waals surface area (Å²) >= 11 is 0. The molecular weight excluding hydrogens is 317 g/mol. The van der Waals surface area contributed by atoms with Crippen molar-refractivity contribution in [2.45, 2.75) is 31.6 Å². The Labute approximate surface area is 135 Å². The summed E-state index contributed by atoms with van der Waals surface area (Å²) in [6.45, 7) is 5.83. The maximum absolute atomic E-state index is 13.3. The van der Waals surface area contributed by atoms with Crippen LogP contribution in [0.4, 0.5) is 4.39 Å². The van der Waals surface area contributed by atoms with E-state index in [1.54, 1.807) is 18.2 Å². The molecule has 6 heteroatoms. The number of hydrogen-bond acceptors (Lipinski definition) is 4. The molecule has 2 aromatic rings. The molecular formula is C17H16FNO3S. The number of nitrogens with zero attached hydrogens (tertiary/aromatic N) is 1. The minimum atomic E-state index is -4.14. The summed E-state index contributed by atoms with van der Waals surface area (Å²) in [7, 11) is -4.14. The molecule has 0 saturated heterocycles. The number of benzene rings is 2. The highest BCUT2D eigenvalue weighted by Gasteiger charge is 2.19. The van der Waals surface area contributed by atoms with Gasteiger partial charge in [0.15, 0.2) is 0 Å². The Balaban J connectivity index is 2.41. The lowest BCUT2D eigenvalue weighted by molar-refractivity contribution is 0.485. The van der Waals surface area contributed by atoms with Gasteiger partial charge in [0.25, 0.3) is 0 Å². The van der Waals surface area contributed by atoms with E-state index >= 15 is 0 Å². The molecule has 0 radical (unpaired) electrons. The smallest absolute Gasteiger partial charge is 0.339 e. The van der Waals surface area contributed by atoms with Crippen molar-refractivity contribution >= 4 is 10.1 Å². The van der Waals surface area contributed by atoms with Crippen molar-refractivity contribution in [2.75, 3.05) is 0 Å². The van der Waals surface area contributed by atoms with E-state index in [1.165, 1.54) is 0 Å². The van der Waals surface area contributed by atoms with Crippen molar-refractivity contribution in [1.82, 2.24) is 0 Å². The van der Waals surface area contributed by atoms with E-state index in [1.807, 2.05) is 26.8 Å². The van der Waals surface area contributed by atoms with Gasteiger partial charge >= 0.3 is 10.1 Å². The minimum absolute atomic E-state index is 0.191. The summed E-state index contributed by atoms with van der Waals surface area (Å²) < 4.78 is 43.1. The third-order valence-corrected chi connectivity index (χ3v) is 4.54. The molecule has 23 heavy (non-hydrogen) atoms. The lowest BCUT2D eigenvalue weighted by atomic mass is 10.0. The van der Waals surface area contributed by atoms with E-state index in [0.29, 0.717) is 0 Å². The number of nitriles is 1. The second kappa shape index (κ2) is 6.39. The third kappa shape index (κ3) is 3.88. The standard InChI is InChI=1S/C17H16FNO3S/c1-11(2)13-6-12(3)7-15(8-13)22-23(20,21)16-4-5-17(18)14(9-16)10-19/h4-9,11H,1-3H3. The molecule has 0 N–H and O–H groups in total. The molecule has 2 aromatic carbocycles. The zero-order chi connectivity index (χ0) is 17.2. The van der Waals surface area contributed by atoms with Crippen LogP contribution in [0.2, 0.25) is 0 Å². The molecule has 0 unspecified atom stereocenters. The van der Waals surface area contributed by atoms with Gasteiger partial charge in [0.1, 0.15) is 22.5 Å². The van der Waals surface area contributed by atoms with Crippen LogP contribution < -0.4 is 4.18 Å². The van der Waals surface area contributed by atoms with Crippen LogP contribution >= 0.6 is 0 Å². The Kier molecular flexibility index (Phi) is 4.71. The van der Waals surface area contributed by atoms with E-state index < -0.39 is 15.9 Å². The van der Waals surface area contributed by atoms with Crippen molar-refractivity contribution in [3.63, 3.8) is 0 Å². The number of halogens is 1. The number of hydrogen-bond donors (Lipinski definition) is 0. The highest BCUT2D eigenvalue weighted by atomic mass is 32.2. The average molecular weight is 333 g/mol. The number of rotatable bonds is 4. The second-order valence-electron chi connectivity index (χ2n) is 5.53. The molecule has 2 rings (SSSR count). The molecule has 0 aromatic heterocycles. The predicted molar refractivity (Wildman–Crippen MR) is 84.2 cm³/mol. The Morgan fingerprint density at radius 3 is 2.48 bits per heavy atom. The molecule has 0 aliphatic carbocycles. The maximum Gasteiger partial charge on any atom is 0.339 e. The maximum atomic E-state index is 13.3. The topological polar surface area (TPSA) is 67.2 Å². The number of aryl methyl sites for hydroxylation is 1. The normalized spacial score (nSPS) is 11.3. The van der Waals surface area contributed by atoms with E-state index in [0.717, 1.165) is 29.3 Å². The van der Waals surface area contributed by atoms with Crippen LogP contribution in [0.5, 0.6) is 5.75 Å². The van der Waals surface area contributed by atoms with Gasteiger partial charge in [-0.15, -0.1) is 0 Å². The first-order valence-corrected chi connectivity index (χ1v) is 8.39. The first-order valence-electron chi connectivity index (χ1n) is 6.98. The fourth-order valence-corrected chi connectivity index (χ4v) is 3.02.